The summed E-state index contributed by atoms with van der Waals surface area (Å²) in [6.07, 6.45) is -0.844. The van der Waals surface area contributed by atoms with Gasteiger partial charge in [-0.25, -0.2) is 4.39 Å². The first-order chi connectivity index (χ1) is 12.1. The Morgan fingerprint density at radius 1 is 1.04 bits per heavy atom. The van der Waals surface area contributed by atoms with Crippen LogP contribution in [0.25, 0.3) is 10.8 Å². The van der Waals surface area contributed by atoms with Crippen LogP contribution in [0.2, 0.25) is 0 Å². The maximum atomic E-state index is 13.4. The number of carbonyl (C=O) groups is 1. The van der Waals surface area contributed by atoms with Gasteiger partial charge in [0.15, 0.2) is 18.2 Å². The van der Waals surface area contributed by atoms with Gasteiger partial charge < -0.3 is 15.2 Å². The lowest BCUT2D eigenvalue weighted by Gasteiger charge is -2.15. The van der Waals surface area contributed by atoms with Gasteiger partial charge in [-0.15, -0.1) is 0 Å². The lowest BCUT2D eigenvalue weighted by molar-refractivity contribution is -0.123. The second kappa shape index (κ2) is 7.77. The lowest BCUT2D eigenvalue weighted by Crippen LogP contribution is -2.32. The molecule has 1 atom stereocenters. The normalized spacial score (nSPS) is 11.9. The van der Waals surface area contributed by atoms with Crippen molar-refractivity contribution in [3.05, 3.63) is 78.1 Å². The van der Waals surface area contributed by atoms with Crippen molar-refractivity contribution in [2.24, 2.45) is 0 Å². The molecule has 3 aromatic carbocycles. The zero-order valence-corrected chi connectivity index (χ0v) is 13.5. The highest BCUT2D eigenvalue weighted by Crippen LogP contribution is 2.23. The molecule has 0 aliphatic heterocycles. The van der Waals surface area contributed by atoms with Crippen LogP contribution in [0.5, 0.6) is 5.75 Å². The molecule has 0 aliphatic rings. The minimum atomic E-state index is -0.844. The molecule has 3 rings (SSSR count). The van der Waals surface area contributed by atoms with Crippen LogP contribution in [0.4, 0.5) is 4.39 Å². The summed E-state index contributed by atoms with van der Waals surface area (Å²) >= 11 is 0. The van der Waals surface area contributed by atoms with Crippen LogP contribution in [0, 0.1) is 5.82 Å². The number of carbonyl (C=O) groups excluding carboxylic acids is 1. The number of nitrogens with one attached hydrogen (secondary N) is 1. The van der Waals surface area contributed by atoms with Crippen molar-refractivity contribution >= 4 is 16.7 Å². The van der Waals surface area contributed by atoms with Gasteiger partial charge in [0.2, 0.25) is 0 Å². The molecule has 128 valence electrons. The smallest absolute Gasteiger partial charge is 0.258 e. The number of amides is 1. The van der Waals surface area contributed by atoms with E-state index in [9.17, 15) is 14.3 Å². The molecule has 0 aromatic heterocycles. The van der Waals surface area contributed by atoms with Crippen molar-refractivity contribution in [2.45, 2.75) is 6.10 Å². The molecule has 1 amide bonds. The van der Waals surface area contributed by atoms with Gasteiger partial charge in [-0.2, -0.15) is 0 Å². The monoisotopic (exact) mass is 339 g/mol. The van der Waals surface area contributed by atoms with Crippen LogP contribution < -0.4 is 10.1 Å². The Balaban J connectivity index is 1.57. The van der Waals surface area contributed by atoms with Gasteiger partial charge in [0.25, 0.3) is 5.91 Å². The molecule has 5 heteroatoms. The van der Waals surface area contributed by atoms with Crippen LogP contribution in [-0.2, 0) is 4.79 Å². The third-order valence-electron chi connectivity index (χ3n) is 3.87. The van der Waals surface area contributed by atoms with E-state index in [0.717, 1.165) is 16.3 Å². The van der Waals surface area contributed by atoms with Crippen LogP contribution in [0.3, 0.4) is 0 Å². The number of para-hydroxylation sites is 1. The minimum Gasteiger partial charge on any atom is -0.481 e. The zero-order chi connectivity index (χ0) is 17.6. The first-order valence-corrected chi connectivity index (χ1v) is 7.95. The summed E-state index contributed by atoms with van der Waals surface area (Å²) in [4.78, 5) is 11.9. The zero-order valence-electron chi connectivity index (χ0n) is 13.5. The molecular weight excluding hydrogens is 321 g/mol. The van der Waals surface area contributed by atoms with Gasteiger partial charge in [0, 0.05) is 6.54 Å². The number of rotatable bonds is 6. The Kier molecular flexibility index (Phi) is 5.26. The van der Waals surface area contributed by atoms with E-state index < -0.39 is 17.8 Å². The second-order valence-electron chi connectivity index (χ2n) is 5.61. The van der Waals surface area contributed by atoms with Gasteiger partial charge in [-0.3, -0.25) is 4.79 Å². The number of fused-ring (bicyclic) bond motifs is 1. The van der Waals surface area contributed by atoms with Crippen molar-refractivity contribution in [2.75, 3.05) is 13.2 Å². The van der Waals surface area contributed by atoms with Gasteiger partial charge in [0.05, 0.1) is 6.10 Å². The highest BCUT2D eigenvalue weighted by Gasteiger charge is 2.13. The molecule has 0 fully saturated rings. The van der Waals surface area contributed by atoms with E-state index in [0.29, 0.717) is 0 Å². The van der Waals surface area contributed by atoms with Crippen LogP contribution in [0.15, 0.2) is 66.7 Å². The molecule has 0 heterocycles. The molecule has 25 heavy (non-hydrogen) atoms. The predicted molar refractivity (Wildman–Crippen MR) is 93.8 cm³/mol. The van der Waals surface area contributed by atoms with E-state index in [1.807, 2.05) is 42.5 Å². The summed E-state index contributed by atoms with van der Waals surface area (Å²) in [5.74, 6) is -0.930. The lowest BCUT2D eigenvalue weighted by atomic mass is 10.0. The van der Waals surface area contributed by atoms with Gasteiger partial charge >= 0.3 is 0 Å². The summed E-state index contributed by atoms with van der Waals surface area (Å²) in [7, 11) is 0. The molecule has 1 unspecified atom stereocenters. The third-order valence-corrected chi connectivity index (χ3v) is 3.87. The van der Waals surface area contributed by atoms with Crippen molar-refractivity contribution in [3.8, 4) is 5.75 Å². The van der Waals surface area contributed by atoms with E-state index in [1.165, 1.54) is 12.1 Å². The Hall–Kier alpha value is -2.92. The molecule has 0 saturated heterocycles. The van der Waals surface area contributed by atoms with Crippen LogP contribution in [-0.4, -0.2) is 24.2 Å². The number of hydrogen-bond acceptors (Lipinski definition) is 3. The Morgan fingerprint density at radius 2 is 1.76 bits per heavy atom. The van der Waals surface area contributed by atoms with E-state index in [2.05, 4.69) is 5.32 Å². The fourth-order valence-electron chi connectivity index (χ4n) is 2.62. The minimum absolute atomic E-state index is 0.0206. The molecule has 3 aromatic rings. The Bertz CT molecular complexity index is 876. The van der Waals surface area contributed by atoms with E-state index in [1.54, 1.807) is 12.1 Å². The Labute approximate surface area is 144 Å². The standard InChI is InChI=1S/C20H18FNO3/c21-17-10-3-4-11-19(17)25-13-20(24)22-12-18(23)16-9-5-7-14-6-1-2-8-15(14)16/h1-11,18,23H,12-13H2,(H,22,24). The molecule has 0 radical (unpaired) electrons. The largest absolute Gasteiger partial charge is 0.481 e. The van der Waals surface area contributed by atoms with Crippen molar-refractivity contribution < 1.29 is 19.0 Å². The molecule has 0 spiro atoms. The second-order valence-corrected chi connectivity index (χ2v) is 5.61. The highest BCUT2D eigenvalue weighted by molar-refractivity contribution is 5.86. The fourth-order valence-corrected chi connectivity index (χ4v) is 2.62. The molecular formula is C20H18FNO3. The molecule has 0 saturated carbocycles. The van der Waals surface area contributed by atoms with Gasteiger partial charge in [0.1, 0.15) is 0 Å². The summed E-state index contributed by atoms with van der Waals surface area (Å²) in [5.41, 5.74) is 0.744. The first-order valence-electron chi connectivity index (χ1n) is 7.95. The third kappa shape index (κ3) is 4.14. The van der Waals surface area contributed by atoms with Crippen molar-refractivity contribution in [3.63, 3.8) is 0 Å². The summed E-state index contributed by atoms with van der Waals surface area (Å²) in [6.45, 7) is -0.267. The summed E-state index contributed by atoms with van der Waals surface area (Å²) < 4.78 is 18.6. The van der Waals surface area contributed by atoms with E-state index in [4.69, 9.17) is 4.74 Å². The number of aliphatic hydroxyl groups is 1. The summed E-state index contributed by atoms with van der Waals surface area (Å²) in [6, 6.07) is 19.3. The quantitative estimate of drug-likeness (QED) is 0.725. The average Bonchev–Trinajstić information content (AvgIpc) is 2.65. The van der Waals surface area contributed by atoms with Crippen LogP contribution >= 0.6 is 0 Å². The van der Waals surface area contributed by atoms with Gasteiger partial charge in [-0.1, -0.05) is 54.6 Å². The molecule has 2 N–H and O–H groups in total. The predicted octanol–water partition coefficient (Wildman–Crippen LogP) is 3.21. The maximum absolute atomic E-state index is 13.4. The van der Waals surface area contributed by atoms with E-state index >= 15 is 0 Å². The SMILES string of the molecule is O=C(COc1ccccc1F)NCC(O)c1cccc2ccccc12. The first kappa shape index (κ1) is 16.9. The number of hydrogen-bond donors (Lipinski definition) is 2. The fraction of sp³-hybridized carbons (Fsp3) is 0.150. The number of halogens is 1. The summed E-state index contributed by atoms with van der Waals surface area (Å²) in [5, 5.41) is 14.9. The van der Waals surface area contributed by atoms with Crippen molar-refractivity contribution in [1.29, 1.82) is 0 Å². The number of aliphatic hydroxyl groups excluding tert-OH is 1. The van der Waals surface area contributed by atoms with E-state index in [-0.39, 0.29) is 18.9 Å². The van der Waals surface area contributed by atoms with Crippen LogP contribution in [0.1, 0.15) is 11.7 Å². The number of benzene rings is 3. The highest BCUT2D eigenvalue weighted by atomic mass is 19.1. The van der Waals surface area contributed by atoms with Crippen molar-refractivity contribution in [1.82, 2.24) is 5.32 Å². The molecule has 4 nitrogen and oxygen atoms in total. The molecule has 0 aliphatic carbocycles. The Morgan fingerprint density at radius 3 is 2.60 bits per heavy atom. The molecule has 0 bridgehead atoms. The number of ether oxygens (including phenoxy) is 1. The van der Waals surface area contributed by atoms with Gasteiger partial charge in [-0.05, 0) is 28.5 Å². The topological polar surface area (TPSA) is 58.6 Å². The average molecular weight is 339 g/mol. The maximum Gasteiger partial charge on any atom is 0.258 e.